The van der Waals surface area contributed by atoms with Crippen LogP contribution in [0.2, 0.25) is 0 Å². The third-order valence-electron chi connectivity index (χ3n) is 4.03. The Morgan fingerprint density at radius 3 is 2.67 bits per heavy atom. The van der Waals surface area contributed by atoms with E-state index >= 15 is 0 Å². The molecule has 21 heavy (non-hydrogen) atoms. The molecule has 3 nitrogen and oxygen atoms in total. The number of aryl methyl sites for hydroxylation is 1. The van der Waals surface area contributed by atoms with Gasteiger partial charge in [-0.05, 0) is 38.3 Å². The molecule has 1 aromatic rings. The Kier molecular flexibility index (Phi) is 4.54. The first-order chi connectivity index (χ1) is 9.79. The smallest absolute Gasteiger partial charge is 0.300 e. The maximum absolute atomic E-state index is 12.8. The SMILES string of the molecule is Cc1cccc(N(C)C(=O)[C@@H]2CCC[C@@H](C(F)(F)F)C2)n1. The van der Waals surface area contributed by atoms with Crippen molar-refractivity contribution in [2.45, 2.75) is 38.8 Å². The molecule has 0 aromatic carbocycles. The van der Waals surface area contributed by atoms with E-state index in [2.05, 4.69) is 4.98 Å². The van der Waals surface area contributed by atoms with Gasteiger partial charge in [-0.2, -0.15) is 13.2 Å². The number of carbonyl (C=O) groups excluding carboxylic acids is 1. The molecule has 1 aromatic heterocycles. The van der Waals surface area contributed by atoms with E-state index in [1.807, 2.05) is 13.0 Å². The zero-order valence-electron chi connectivity index (χ0n) is 12.2. The first kappa shape index (κ1) is 15.8. The van der Waals surface area contributed by atoms with E-state index in [0.29, 0.717) is 18.7 Å². The Morgan fingerprint density at radius 1 is 1.33 bits per heavy atom. The predicted octanol–water partition coefficient (Wildman–Crippen LogP) is 3.72. The Balaban J connectivity index is 2.09. The van der Waals surface area contributed by atoms with Crippen LogP contribution in [-0.2, 0) is 4.79 Å². The summed E-state index contributed by atoms with van der Waals surface area (Å²) in [5.41, 5.74) is 0.768. The van der Waals surface area contributed by atoms with Crippen molar-refractivity contribution >= 4 is 11.7 Å². The lowest BCUT2D eigenvalue weighted by Crippen LogP contribution is -2.38. The molecule has 1 saturated carbocycles. The van der Waals surface area contributed by atoms with Crippen LogP contribution < -0.4 is 4.90 Å². The maximum atomic E-state index is 12.8. The number of amides is 1. The molecule has 1 fully saturated rings. The van der Waals surface area contributed by atoms with Crippen LogP contribution in [0.1, 0.15) is 31.4 Å². The summed E-state index contributed by atoms with van der Waals surface area (Å²) in [4.78, 5) is 18.0. The summed E-state index contributed by atoms with van der Waals surface area (Å²) in [6, 6.07) is 5.28. The van der Waals surface area contributed by atoms with Crippen LogP contribution >= 0.6 is 0 Å². The van der Waals surface area contributed by atoms with Gasteiger partial charge < -0.3 is 0 Å². The molecule has 2 rings (SSSR count). The average molecular weight is 300 g/mol. The molecule has 1 heterocycles. The largest absolute Gasteiger partial charge is 0.391 e. The van der Waals surface area contributed by atoms with E-state index in [1.165, 1.54) is 4.90 Å². The van der Waals surface area contributed by atoms with Gasteiger partial charge in [0.25, 0.3) is 0 Å². The lowest BCUT2D eigenvalue weighted by atomic mass is 9.80. The topological polar surface area (TPSA) is 33.2 Å². The van der Waals surface area contributed by atoms with Crippen molar-refractivity contribution < 1.29 is 18.0 Å². The zero-order valence-corrected chi connectivity index (χ0v) is 12.2. The minimum atomic E-state index is -4.21. The Labute approximate surface area is 122 Å². The van der Waals surface area contributed by atoms with E-state index in [9.17, 15) is 18.0 Å². The van der Waals surface area contributed by atoms with Gasteiger partial charge in [0, 0.05) is 18.7 Å². The molecular weight excluding hydrogens is 281 g/mol. The third kappa shape index (κ3) is 3.74. The first-order valence-electron chi connectivity index (χ1n) is 7.07. The fraction of sp³-hybridized carbons (Fsp3) is 0.600. The average Bonchev–Trinajstić information content (AvgIpc) is 2.45. The van der Waals surface area contributed by atoms with Crippen molar-refractivity contribution in [3.8, 4) is 0 Å². The lowest BCUT2D eigenvalue weighted by molar-refractivity contribution is -0.186. The van der Waals surface area contributed by atoms with Gasteiger partial charge in [-0.3, -0.25) is 9.69 Å². The van der Waals surface area contributed by atoms with Crippen molar-refractivity contribution in [1.82, 2.24) is 4.98 Å². The van der Waals surface area contributed by atoms with Gasteiger partial charge in [0.05, 0.1) is 5.92 Å². The highest BCUT2D eigenvalue weighted by molar-refractivity contribution is 5.93. The van der Waals surface area contributed by atoms with E-state index in [-0.39, 0.29) is 18.7 Å². The van der Waals surface area contributed by atoms with Crippen LogP contribution in [0.5, 0.6) is 0 Å². The fourth-order valence-corrected chi connectivity index (χ4v) is 2.81. The quantitative estimate of drug-likeness (QED) is 0.834. The van der Waals surface area contributed by atoms with Gasteiger partial charge in [0.15, 0.2) is 0 Å². The van der Waals surface area contributed by atoms with Crippen LogP contribution in [0.15, 0.2) is 18.2 Å². The number of pyridine rings is 1. The highest BCUT2D eigenvalue weighted by atomic mass is 19.4. The van der Waals surface area contributed by atoms with E-state index in [0.717, 1.165) is 5.69 Å². The van der Waals surface area contributed by atoms with Gasteiger partial charge in [-0.1, -0.05) is 12.5 Å². The molecule has 0 aliphatic heterocycles. The summed E-state index contributed by atoms with van der Waals surface area (Å²) < 4.78 is 38.5. The number of hydrogen-bond acceptors (Lipinski definition) is 2. The van der Waals surface area contributed by atoms with Gasteiger partial charge in [-0.15, -0.1) is 0 Å². The van der Waals surface area contributed by atoms with Gasteiger partial charge in [0.1, 0.15) is 5.82 Å². The fourth-order valence-electron chi connectivity index (χ4n) is 2.81. The highest BCUT2D eigenvalue weighted by Crippen LogP contribution is 2.40. The molecule has 0 saturated heterocycles. The predicted molar refractivity (Wildman–Crippen MR) is 73.9 cm³/mol. The molecular formula is C15H19F3N2O. The summed E-state index contributed by atoms with van der Waals surface area (Å²) in [7, 11) is 1.57. The summed E-state index contributed by atoms with van der Waals surface area (Å²) >= 11 is 0. The standard InChI is InChI=1S/C15H19F3N2O/c1-10-5-3-8-13(19-10)20(2)14(21)11-6-4-7-12(9-11)15(16,17)18/h3,5,8,11-12H,4,6-7,9H2,1-2H3/t11-,12-/m1/s1. The van der Waals surface area contributed by atoms with Crippen molar-refractivity contribution in [3.63, 3.8) is 0 Å². The third-order valence-corrected chi connectivity index (χ3v) is 4.03. The Morgan fingerprint density at radius 2 is 2.05 bits per heavy atom. The van der Waals surface area contributed by atoms with Crippen molar-refractivity contribution in [2.24, 2.45) is 11.8 Å². The molecule has 0 radical (unpaired) electrons. The molecule has 2 atom stereocenters. The molecule has 1 amide bonds. The second kappa shape index (κ2) is 6.03. The zero-order chi connectivity index (χ0) is 15.6. The highest BCUT2D eigenvalue weighted by Gasteiger charge is 2.44. The normalized spacial score (nSPS) is 22.9. The Hall–Kier alpha value is -1.59. The van der Waals surface area contributed by atoms with E-state index in [1.54, 1.807) is 19.2 Å². The van der Waals surface area contributed by atoms with Crippen molar-refractivity contribution in [1.29, 1.82) is 0 Å². The monoisotopic (exact) mass is 300 g/mol. The molecule has 0 N–H and O–H groups in total. The number of carbonyl (C=O) groups is 1. The minimum Gasteiger partial charge on any atom is -0.300 e. The number of halogens is 3. The van der Waals surface area contributed by atoms with E-state index < -0.39 is 18.0 Å². The van der Waals surface area contributed by atoms with Crippen LogP contribution in [-0.4, -0.2) is 24.1 Å². The molecule has 0 bridgehead atoms. The molecule has 0 unspecified atom stereocenters. The number of alkyl halides is 3. The second-order valence-electron chi connectivity index (χ2n) is 5.64. The van der Waals surface area contributed by atoms with Gasteiger partial charge >= 0.3 is 6.18 Å². The maximum Gasteiger partial charge on any atom is 0.391 e. The van der Waals surface area contributed by atoms with Crippen LogP contribution in [0.25, 0.3) is 0 Å². The first-order valence-corrected chi connectivity index (χ1v) is 7.07. The van der Waals surface area contributed by atoms with Gasteiger partial charge in [0.2, 0.25) is 5.91 Å². The minimum absolute atomic E-state index is 0.113. The van der Waals surface area contributed by atoms with Crippen molar-refractivity contribution in [2.75, 3.05) is 11.9 Å². The van der Waals surface area contributed by atoms with Crippen molar-refractivity contribution in [3.05, 3.63) is 23.9 Å². The molecule has 1 aliphatic carbocycles. The number of hydrogen-bond donors (Lipinski definition) is 0. The van der Waals surface area contributed by atoms with E-state index in [4.69, 9.17) is 0 Å². The summed E-state index contributed by atoms with van der Waals surface area (Å²) in [6.45, 7) is 1.81. The molecule has 1 aliphatic rings. The summed E-state index contributed by atoms with van der Waals surface area (Å²) in [6.07, 6.45) is -3.24. The molecule has 116 valence electrons. The summed E-state index contributed by atoms with van der Waals surface area (Å²) in [5, 5.41) is 0. The number of anilines is 1. The molecule has 0 spiro atoms. The number of rotatable bonds is 2. The van der Waals surface area contributed by atoms with Crippen LogP contribution in [0.3, 0.4) is 0 Å². The van der Waals surface area contributed by atoms with Gasteiger partial charge in [-0.25, -0.2) is 4.98 Å². The molecule has 6 heteroatoms. The Bertz CT molecular complexity index is 516. The van der Waals surface area contributed by atoms with Crippen LogP contribution in [0, 0.1) is 18.8 Å². The lowest BCUT2D eigenvalue weighted by Gasteiger charge is -2.31. The number of nitrogens with zero attached hydrogens (tertiary/aromatic N) is 2. The van der Waals surface area contributed by atoms with Crippen LogP contribution in [0.4, 0.5) is 19.0 Å². The summed E-state index contributed by atoms with van der Waals surface area (Å²) in [5.74, 6) is -1.73. The number of aromatic nitrogens is 1. The second-order valence-corrected chi connectivity index (χ2v) is 5.64.